The molecule has 0 saturated heterocycles. The summed E-state index contributed by atoms with van der Waals surface area (Å²) in [5.41, 5.74) is 5.11. The molecule has 0 aliphatic rings. The van der Waals surface area contributed by atoms with Crippen molar-refractivity contribution in [3.63, 3.8) is 0 Å². The van der Waals surface area contributed by atoms with Crippen LogP contribution in [0.15, 0.2) is 48.8 Å². The van der Waals surface area contributed by atoms with Gasteiger partial charge in [-0.3, -0.25) is 9.78 Å². The summed E-state index contributed by atoms with van der Waals surface area (Å²) >= 11 is 6.32. The van der Waals surface area contributed by atoms with E-state index in [1.807, 2.05) is 62.0 Å². The molecular weight excluding hydrogens is 372 g/mol. The SMILES string of the molecule is Cc1nn(-c2ccccc2Cl)c(C)c1CCC(=O)N(C)CCc1ccncc1. The largest absolute Gasteiger partial charge is 0.345 e. The number of hydrogen-bond acceptors (Lipinski definition) is 3. The molecule has 28 heavy (non-hydrogen) atoms. The van der Waals surface area contributed by atoms with Gasteiger partial charge in [-0.15, -0.1) is 0 Å². The normalized spacial score (nSPS) is 10.9. The van der Waals surface area contributed by atoms with Crippen molar-refractivity contribution in [1.29, 1.82) is 0 Å². The molecular formula is C22H25ClN4O. The van der Waals surface area contributed by atoms with Gasteiger partial charge in [0.25, 0.3) is 0 Å². The van der Waals surface area contributed by atoms with Crippen molar-refractivity contribution in [2.75, 3.05) is 13.6 Å². The van der Waals surface area contributed by atoms with E-state index in [2.05, 4.69) is 10.1 Å². The molecule has 2 aromatic heterocycles. The Morgan fingerprint density at radius 1 is 1.11 bits per heavy atom. The number of carbonyl (C=O) groups excluding carboxylic acids is 1. The van der Waals surface area contributed by atoms with Gasteiger partial charge in [0.05, 0.1) is 16.4 Å². The van der Waals surface area contributed by atoms with Crippen molar-refractivity contribution in [2.45, 2.75) is 33.1 Å². The minimum atomic E-state index is 0.137. The molecule has 146 valence electrons. The maximum Gasteiger partial charge on any atom is 0.222 e. The molecule has 2 heterocycles. The molecule has 5 nitrogen and oxygen atoms in total. The number of benzene rings is 1. The Hall–Kier alpha value is -2.66. The van der Waals surface area contributed by atoms with Crippen molar-refractivity contribution in [3.8, 4) is 5.69 Å². The highest BCUT2D eigenvalue weighted by Gasteiger charge is 2.17. The van der Waals surface area contributed by atoms with Gasteiger partial charge in [0.1, 0.15) is 0 Å². The Morgan fingerprint density at radius 3 is 2.54 bits per heavy atom. The molecule has 3 aromatic rings. The number of para-hydroxylation sites is 1. The highest BCUT2D eigenvalue weighted by atomic mass is 35.5. The van der Waals surface area contributed by atoms with E-state index in [0.29, 0.717) is 24.4 Å². The van der Waals surface area contributed by atoms with Crippen LogP contribution in [-0.4, -0.2) is 39.2 Å². The monoisotopic (exact) mass is 396 g/mol. The summed E-state index contributed by atoms with van der Waals surface area (Å²) in [4.78, 5) is 18.4. The number of aromatic nitrogens is 3. The van der Waals surface area contributed by atoms with Gasteiger partial charge in [-0.1, -0.05) is 23.7 Å². The average molecular weight is 397 g/mol. The standard InChI is InChI=1S/C22H25ClN4O/c1-16-19(17(2)27(25-16)21-7-5-4-6-20(21)23)8-9-22(28)26(3)15-12-18-10-13-24-14-11-18/h4-7,10-11,13-14H,8-9,12,15H2,1-3H3. The predicted molar refractivity (Wildman–Crippen MR) is 112 cm³/mol. The second-order valence-corrected chi connectivity index (χ2v) is 7.34. The van der Waals surface area contributed by atoms with E-state index in [-0.39, 0.29) is 5.91 Å². The molecule has 0 bridgehead atoms. The first-order valence-corrected chi connectivity index (χ1v) is 9.78. The lowest BCUT2D eigenvalue weighted by atomic mass is 10.1. The molecule has 3 rings (SSSR count). The van der Waals surface area contributed by atoms with Crippen LogP contribution in [-0.2, 0) is 17.6 Å². The lowest BCUT2D eigenvalue weighted by molar-refractivity contribution is -0.129. The second-order valence-electron chi connectivity index (χ2n) is 6.93. The molecule has 1 amide bonds. The van der Waals surface area contributed by atoms with Gasteiger partial charge in [0.15, 0.2) is 0 Å². The zero-order valence-electron chi connectivity index (χ0n) is 16.5. The number of halogens is 1. The highest BCUT2D eigenvalue weighted by Crippen LogP contribution is 2.24. The van der Waals surface area contributed by atoms with Crippen LogP contribution in [0, 0.1) is 13.8 Å². The molecule has 0 N–H and O–H groups in total. The second kappa shape index (κ2) is 9.02. The maximum atomic E-state index is 12.6. The van der Waals surface area contributed by atoms with Crippen molar-refractivity contribution in [2.24, 2.45) is 0 Å². The third-order valence-corrected chi connectivity index (χ3v) is 5.34. The number of nitrogens with zero attached hydrogens (tertiary/aromatic N) is 4. The van der Waals surface area contributed by atoms with Gasteiger partial charge in [-0.25, -0.2) is 4.68 Å². The fourth-order valence-corrected chi connectivity index (χ4v) is 3.50. The van der Waals surface area contributed by atoms with E-state index >= 15 is 0 Å². The Kier molecular flexibility index (Phi) is 6.47. The van der Waals surface area contributed by atoms with Crippen LogP contribution in [0.2, 0.25) is 5.02 Å². The van der Waals surface area contributed by atoms with Crippen LogP contribution in [0.1, 0.15) is 28.9 Å². The van der Waals surface area contributed by atoms with E-state index in [1.165, 1.54) is 5.56 Å². The van der Waals surface area contributed by atoms with E-state index < -0.39 is 0 Å². The number of amides is 1. The number of likely N-dealkylation sites (N-methyl/N-ethyl adjacent to an activating group) is 1. The van der Waals surface area contributed by atoms with Crippen LogP contribution in [0.25, 0.3) is 5.69 Å². The van der Waals surface area contributed by atoms with E-state index in [1.54, 1.807) is 17.3 Å². The number of pyridine rings is 1. The number of hydrogen-bond donors (Lipinski definition) is 0. The lowest BCUT2D eigenvalue weighted by Gasteiger charge is -2.17. The highest BCUT2D eigenvalue weighted by molar-refractivity contribution is 6.32. The fourth-order valence-electron chi connectivity index (χ4n) is 3.29. The van der Waals surface area contributed by atoms with E-state index in [4.69, 9.17) is 11.6 Å². The molecule has 0 saturated carbocycles. The van der Waals surface area contributed by atoms with Gasteiger partial charge in [0.2, 0.25) is 5.91 Å². The zero-order valence-corrected chi connectivity index (χ0v) is 17.3. The van der Waals surface area contributed by atoms with Crippen LogP contribution in [0.4, 0.5) is 0 Å². The van der Waals surface area contributed by atoms with Crippen molar-refractivity contribution in [1.82, 2.24) is 19.7 Å². The number of rotatable bonds is 7. The van der Waals surface area contributed by atoms with Crippen LogP contribution in [0.5, 0.6) is 0 Å². The Labute approximate surface area is 171 Å². The molecule has 0 spiro atoms. The summed E-state index contributed by atoms with van der Waals surface area (Å²) in [7, 11) is 1.86. The number of carbonyl (C=O) groups is 1. The van der Waals surface area contributed by atoms with Gasteiger partial charge < -0.3 is 4.90 Å². The molecule has 6 heteroatoms. The summed E-state index contributed by atoms with van der Waals surface area (Å²) in [6, 6.07) is 11.6. The average Bonchev–Trinajstić information content (AvgIpc) is 2.99. The quantitative estimate of drug-likeness (QED) is 0.602. The Balaban J connectivity index is 1.63. The van der Waals surface area contributed by atoms with E-state index in [0.717, 1.165) is 29.1 Å². The minimum absolute atomic E-state index is 0.137. The van der Waals surface area contributed by atoms with Gasteiger partial charge in [-0.2, -0.15) is 5.10 Å². The van der Waals surface area contributed by atoms with Gasteiger partial charge in [0, 0.05) is 38.1 Å². The number of aryl methyl sites for hydroxylation is 1. The van der Waals surface area contributed by atoms with Crippen LogP contribution in [0.3, 0.4) is 0 Å². The molecule has 0 fully saturated rings. The predicted octanol–water partition coefficient (Wildman–Crippen LogP) is 4.17. The first-order chi connectivity index (χ1) is 13.5. The minimum Gasteiger partial charge on any atom is -0.345 e. The van der Waals surface area contributed by atoms with E-state index in [9.17, 15) is 4.79 Å². The molecule has 0 aliphatic carbocycles. The molecule has 0 atom stereocenters. The third kappa shape index (κ3) is 4.60. The van der Waals surface area contributed by atoms with Crippen molar-refractivity contribution < 1.29 is 4.79 Å². The smallest absolute Gasteiger partial charge is 0.222 e. The zero-order chi connectivity index (χ0) is 20.1. The Morgan fingerprint density at radius 2 is 1.82 bits per heavy atom. The van der Waals surface area contributed by atoms with Crippen LogP contribution < -0.4 is 0 Å². The summed E-state index contributed by atoms with van der Waals surface area (Å²) in [5.74, 6) is 0.137. The van der Waals surface area contributed by atoms with Gasteiger partial charge >= 0.3 is 0 Å². The maximum absolute atomic E-state index is 12.6. The molecule has 0 aliphatic heterocycles. The summed E-state index contributed by atoms with van der Waals surface area (Å²) in [6.45, 7) is 4.70. The third-order valence-electron chi connectivity index (χ3n) is 5.02. The molecule has 1 aromatic carbocycles. The van der Waals surface area contributed by atoms with Crippen molar-refractivity contribution >= 4 is 17.5 Å². The lowest BCUT2D eigenvalue weighted by Crippen LogP contribution is -2.29. The summed E-state index contributed by atoms with van der Waals surface area (Å²) in [6.07, 6.45) is 5.51. The first-order valence-electron chi connectivity index (χ1n) is 9.40. The molecule has 0 unspecified atom stereocenters. The van der Waals surface area contributed by atoms with Crippen LogP contribution >= 0.6 is 11.6 Å². The topological polar surface area (TPSA) is 51.0 Å². The molecule has 0 radical (unpaired) electrons. The van der Waals surface area contributed by atoms with Gasteiger partial charge in [-0.05, 0) is 62.1 Å². The van der Waals surface area contributed by atoms with Crippen molar-refractivity contribution in [3.05, 3.63) is 76.3 Å². The summed E-state index contributed by atoms with van der Waals surface area (Å²) in [5, 5.41) is 5.30. The first kappa shape index (κ1) is 20.1. The Bertz CT molecular complexity index is 952. The summed E-state index contributed by atoms with van der Waals surface area (Å²) < 4.78 is 1.87. The fraction of sp³-hybridized carbons (Fsp3) is 0.318.